The van der Waals surface area contributed by atoms with Gasteiger partial charge in [-0.1, -0.05) is 30.3 Å². The predicted molar refractivity (Wildman–Crippen MR) is 84.4 cm³/mol. The average molecular weight is 330 g/mol. The fraction of sp³-hybridized carbons (Fsp3) is 0.125. The monoisotopic (exact) mass is 330 g/mol. The van der Waals surface area contributed by atoms with E-state index in [4.69, 9.17) is 10.4 Å². The van der Waals surface area contributed by atoms with Crippen molar-refractivity contribution in [1.29, 1.82) is 5.26 Å². The number of aliphatic carboxylic acids is 1. The fourth-order valence-corrected chi connectivity index (χ4v) is 3.46. The molecule has 0 aliphatic rings. The standard InChI is InChI=1S/C16H14N2O4S/c17-11-10-13-6-8-14(9-7-13)18(12-16(19)20)23(21,22)15-4-2-1-3-5-15/h1-9H,10,12H2,(H,19,20). The van der Waals surface area contributed by atoms with Crippen LogP contribution in [0.25, 0.3) is 0 Å². The van der Waals surface area contributed by atoms with Gasteiger partial charge in [-0.05, 0) is 29.8 Å². The molecule has 23 heavy (non-hydrogen) atoms. The van der Waals surface area contributed by atoms with Crippen LogP contribution in [0.1, 0.15) is 5.56 Å². The Bertz CT molecular complexity index is 825. The number of carboxylic acids is 1. The van der Waals surface area contributed by atoms with Crippen molar-refractivity contribution in [1.82, 2.24) is 0 Å². The number of carbonyl (C=O) groups is 1. The quantitative estimate of drug-likeness (QED) is 0.874. The van der Waals surface area contributed by atoms with Crippen LogP contribution >= 0.6 is 0 Å². The second-order valence-corrected chi connectivity index (χ2v) is 6.58. The molecule has 1 N–H and O–H groups in total. The first-order valence-electron chi connectivity index (χ1n) is 6.70. The van der Waals surface area contributed by atoms with Crippen LogP contribution in [0.2, 0.25) is 0 Å². The lowest BCUT2D eigenvalue weighted by molar-refractivity contribution is -0.135. The molecule has 2 aromatic rings. The lowest BCUT2D eigenvalue weighted by Crippen LogP contribution is -2.35. The van der Waals surface area contributed by atoms with Gasteiger partial charge in [0.1, 0.15) is 6.54 Å². The summed E-state index contributed by atoms with van der Waals surface area (Å²) in [5.74, 6) is -1.26. The van der Waals surface area contributed by atoms with E-state index in [1.54, 1.807) is 30.3 Å². The molecule has 118 valence electrons. The molecular weight excluding hydrogens is 316 g/mol. The highest BCUT2D eigenvalue weighted by atomic mass is 32.2. The Morgan fingerprint density at radius 1 is 1.09 bits per heavy atom. The van der Waals surface area contributed by atoms with Gasteiger partial charge in [0.05, 0.1) is 23.1 Å². The van der Waals surface area contributed by atoms with E-state index in [1.165, 1.54) is 24.3 Å². The summed E-state index contributed by atoms with van der Waals surface area (Å²) in [6, 6.07) is 15.8. The van der Waals surface area contributed by atoms with E-state index in [-0.39, 0.29) is 17.0 Å². The largest absolute Gasteiger partial charge is 0.480 e. The smallest absolute Gasteiger partial charge is 0.324 e. The summed E-state index contributed by atoms with van der Waals surface area (Å²) in [6.45, 7) is -0.686. The average Bonchev–Trinajstić information content (AvgIpc) is 2.54. The Labute approximate surface area is 134 Å². The minimum Gasteiger partial charge on any atom is -0.480 e. The number of nitriles is 1. The van der Waals surface area contributed by atoms with Crippen LogP contribution < -0.4 is 4.31 Å². The van der Waals surface area contributed by atoms with Crippen LogP contribution in [0.3, 0.4) is 0 Å². The van der Waals surface area contributed by atoms with Crippen molar-refractivity contribution in [3.63, 3.8) is 0 Å². The van der Waals surface area contributed by atoms with Crippen LogP contribution in [-0.4, -0.2) is 26.0 Å². The number of anilines is 1. The van der Waals surface area contributed by atoms with Gasteiger partial charge in [0.25, 0.3) is 10.0 Å². The van der Waals surface area contributed by atoms with Crippen molar-refractivity contribution in [2.24, 2.45) is 0 Å². The van der Waals surface area contributed by atoms with Crippen LogP contribution in [0.15, 0.2) is 59.5 Å². The molecule has 0 aliphatic heterocycles. The Hall–Kier alpha value is -2.85. The molecule has 0 bridgehead atoms. The Morgan fingerprint density at radius 3 is 2.22 bits per heavy atom. The van der Waals surface area contributed by atoms with E-state index >= 15 is 0 Å². The number of benzene rings is 2. The van der Waals surface area contributed by atoms with Gasteiger partial charge in [-0.15, -0.1) is 0 Å². The number of carboxylic acid groups (broad SMARTS) is 1. The summed E-state index contributed by atoms with van der Waals surface area (Å²) in [6.07, 6.45) is 0.199. The normalized spacial score (nSPS) is 10.7. The van der Waals surface area contributed by atoms with Gasteiger partial charge in [-0.25, -0.2) is 8.42 Å². The third-order valence-corrected chi connectivity index (χ3v) is 4.91. The summed E-state index contributed by atoms with van der Waals surface area (Å²) >= 11 is 0. The van der Waals surface area contributed by atoms with Gasteiger partial charge in [-0.2, -0.15) is 5.26 Å². The second-order valence-electron chi connectivity index (χ2n) is 4.72. The van der Waals surface area contributed by atoms with Gasteiger partial charge in [0, 0.05) is 0 Å². The summed E-state index contributed by atoms with van der Waals surface area (Å²) in [4.78, 5) is 11.1. The van der Waals surface area contributed by atoms with E-state index < -0.39 is 22.5 Å². The SMILES string of the molecule is N#CCc1ccc(N(CC(=O)O)S(=O)(=O)c2ccccc2)cc1. The summed E-state index contributed by atoms with van der Waals surface area (Å²) in [5.41, 5.74) is 0.960. The Kier molecular flexibility index (Phi) is 4.98. The van der Waals surface area contributed by atoms with Gasteiger partial charge < -0.3 is 5.11 Å². The molecule has 6 nitrogen and oxygen atoms in total. The van der Waals surface area contributed by atoms with Crippen molar-refractivity contribution < 1.29 is 18.3 Å². The van der Waals surface area contributed by atoms with E-state index in [0.717, 1.165) is 9.87 Å². The van der Waals surface area contributed by atoms with Crippen molar-refractivity contribution in [2.75, 3.05) is 10.8 Å². The first-order chi connectivity index (χ1) is 10.9. The number of rotatable bonds is 6. The molecule has 0 atom stereocenters. The molecule has 0 fully saturated rings. The lowest BCUT2D eigenvalue weighted by Gasteiger charge is -2.22. The highest BCUT2D eigenvalue weighted by molar-refractivity contribution is 7.92. The highest BCUT2D eigenvalue weighted by Crippen LogP contribution is 2.24. The zero-order valence-corrected chi connectivity index (χ0v) is 12.9. The van der Waals surface area contributed by atoms with Gasteiger partial charge in [-0.3, -0.25) is 9.10 Å². The van der Waals surface area contributed by atoms with Crippen molar-refractivity contribution in [3.05, 3.63) is 60.2 Å². The minimum absolute atomic E-state index is 0.0161. The topological polar surface area (TPSA) is 98.5 Å². The minimum atomic E-state index is -3.99. The molecule has 0 unspecified atom stereocenters. The molecular formula is C16H14N2O4S. The molecule has 2 rings (SSSR count). The molecule has 7 heteroatoms. The molecule has 0 amide bonds. The van der Waals surface area contributed by atoms with Crippen molar-refractivity contribution >= 4 is 21.7 Å². The van der Waals surface area contributed by atoms with Crippen molar-refractivity contribution in [3.8, 4) is 6.07 Å². The van der Waals surface area contributed by atoms with E-state index in [0.29, 0.717) is 0 Å². The molecule has 0 saturated carbocycles. The maximum absolute atomic E-state index is 12.7. The summed E-state index contributed by atoms with van der Waals surface area (Å²) in [7, 11) is -3.99. The molecule has 2 aromatic carbocycles. The first-order valence-corrected chi connectivity index (χ1v) is 8.14. The molecule has 0 heterocycles. The summed E-state index contributed by atoms with van der Waals surface area (Å²) in [5, 5.41) is 17.7. The van der Waals surface area contributed by atoms with Crippen LogP contribution in [0, 0.1) is 11.3 Å². The summed E-state index contributed by atoms with van der Waals surface area (Å²) < 4.78 is 26.2. The van der Waals surface area contributed by atoms with E-state index in [2.05, 4.69) is 0 Å². The molecule has 0 aliphatic carbocycles. The maximum Gasteiger partial charge on any atom is 0.324 e. The Morgan fingerprint density at radius 2 is 1.70 bits per heavy atom. The first kappa shape index (κ1) is 16.5. The molecule has 0 spiro atoms. The number of nitrogens with zero attached hydrogens (tertiary/aromatic N) is 2. The van der Waals surface area contributed by atoms with Crippen LogP contribution in [0.4, 0.5) is 5.69 Å². The van der Waals surface area contributed by atoms with E-state index in [9.17, 15) is 13.2 Å². The zero-order valence-electron chi connectivity index (χ0n) is 12.1. The van der Waals surface area contributed by atoms with Crippen LogP contribution in [-0.2, 0) is 21.2 Å². The fourth-order valence-electron chi connectivity index (χ4n) is 2.03. The third-order valence-electron chi connectivity index (χ3n) is 3.12. The molecule has 0 saturated heterocycles. The van der Waals surface area contributed by atoms with Gasteiger partial charge in [0.2, 0.25) is 0 Å². The number of sulfonamides is 1. The number of hydrogen-bond donors (Lipinski definition) is 1. The van der Waals surface area contributed by atoms with E-state index in [1.807, 2.05) is 6.07 Å². The third kappa shape index (κ3) is 3.87. The van der Waals surface area contributed by atoms with Crippen LogP contribution in [0.5, 0.6) is 0 Å². The maximum atomic E-state index is 12.7. The second kappa shape index (κ2) is 6.94. The zero-order chi connectivity index (χ0) is 16.9. The molecule has 0 aromatic heterocycles. The Balaban J connectivity index is 2.45. The highest BCUT2D eigenvalue weighted by Gasteiger charge is 2.26. The number of hydrogen-bond acceptors (Lipinski definition) is 4. The van der Waals surface area contributed by atoms with Crippen molar-refractivity contribution in [2.45, 2.75) is 11.3 Å². The molecule has 0 radical (unpaired) electrons. The van der Waals surface area contributed by atoms with Gasteiger partial charge >= 0.3 is 5.97 Å². The van der Waals surface area contributed by atoms with Gasteiger partial charge in [0.15, 0.2) is 0 Å². The lowest BCUT2D eigenvalue weighted by atomic mass is 10.1. The predicted octanol–water partition coefficient (Wildman–Crippen LogP) is 2.03.